The number of hydrogen-bond donors (Lipinski definition) is 1. The minimum absolute atomic E-state index is 0.0797. The molecule has 0 amide bonds. The maximum Gasteiger partial charge on any atom is 0.408 e. The number of carbonyl (C=O) groups is 1. The molecule has 0 fully saturated rings. The highest BCUT2D eigenvalue weighted by Gasteiger charge is 2.24. The van der Waals surface area contributed by atoms with E-state index in [-0.39, 0.29) is 5.69 Å². The number of esters is 1. The van der Waals surface area contributed by atoms with Gasteiger partial charge in [0, 0.05) is 10.3 Å². The molecule has 0 saturated carbocycles. The van der Waals surface area contributed by atoms with Crippen LogP contribution in [0.5, 0.6) is 0 Å². The zero-order chi connectivity index (χ0) is 10.0. The number of carbonyl (C=O) groups excluding carboxylic acids is 1. The summed E-state index contributed by atoms with van der Waals surface area (Å²) in [5.41, 5.74) is 0.234. The van der Waals surface area contributed by atoms with Crippen molar-refractivity contribution in [3.05, 3.63) is 29.3 Å². The third-order valence-electron chi connectivity index (χ3n) is 1.58. The molecule has 0 atom stereocenters. The SMILES string of the molecule is COC(=O)c1c(C)cc(F)c[n+]1O. The van der Waals surface area contributed by atoms with Crippen LogP contribution in [0.25, 0.3) is 0 Å². The number of ether oxygens (including phenoxy) is 1. The van der Waals surface area contributed by atoms with Gasteiger partial charge in [-0.1, -0.05) is 0 Å². The lowest BCUT2D eigenvalue weighted by molar-refractivity contribution is -0.907. The second kappa shape index (κ2) is 3.38. The summed E-state index contributed by atoms with van der Waals surface area (Å²) in [5, 5.41) is 9.15. The minimum atomic E-state index is -0.708. The van der Waals surface area contributed by atoms with Crippen LogP contribution in [-0.4, -0.2) is 18.3 Å². The van der Waals surface area contributed by atoms with Gasteiger partial charge >= 0.3 is 11.7 Å². The van der Waals surface area contributed by atoms with Crippen molar-refractivity contribution in [3.8, 4) is 0 Å². The Labute approximate surface area is 74.1 Å². The number of aryl methyl sites for hydroxylation is 1. The average Bonchev–Trinajstić information content (AvgIpc) is 2.02. The van der Waals surface area contributed by atoms with Gasteiger partial charge in [-0.2, -0.15) is 0 Å². The smallest absolute Gasteiger partial charge is 0.408 e. The molecule has 70 valence electrons. The Morgan fingerprint density at radius 3 is 2.77 bits per heavy atom. The van der Waals surface area contributed by atoms with E-state index in [1.165, 1.54) is 14.0 Å². The fourth-order valence-electron chi connectivity index (χ4n) is 1.03. The predicted octanol–water partition coefficient (Wildman–Crippen LogP) is 0.446. The van der Waals surface area contributed by atoms with Gasteiger partial charge in [-0.05, 0) is 13.0 Å². The molecule has 0 saturated heterocycles. The van der Waals surface area contributed by atoms with Crippen molar-refractivity contribution >= 4 is 5.97 Å². The molecule has 0 aromatic carbocycles. The molecule has 1 N–H and O–H groups in total. The Morgan fingerprint density at radius 1 is 1.69 bits per heavy atom. The topological polar surface area (TPSA) is 50.4 Å². The molecule has 1 aromatic heterocycles. The van der Waals surface area contributed by atoms with Crippen LogP contribution >= 0.6 is 0 Å². The number of halogens is 1. The van der Waals surface area contributed by atoms with Crippen molar-refractivity contribution in [2.75, 3.05) is 7.11 Å². The molecule has 1 rings (SSSR count). The highest BCUT2D eigenvalue weighted by atomic mass is 19.1. The van der Waals surface area contributed by atoms with Crippen LogP contribution in [0.2, 0.25) is 0 Å². The largest absolute Gasteiger partial charge is 0.461 e. The number of methoxy groups -OCH3 is 1. The zero-order valence-electron chi connectivity index (χ0n) is 7.24. The van der Waals surface area contributed by atoms with Crippen molar-refractivity contribution in [3.63, 3.8) is 0 Å². The van der Waals surface area contributed by atoms with Gasteiger partial charge in [-0.3, -0.25) is 5.21 Å². The standard InChI is InChI=1S/C8H9FNO3/c1-5-3-6(9)4-10(12)7(5)8(11)13-2/h3-4,12H,1-2H3/q+1. The quantitative estimate of drug-likeness (QED) is 0.393. The van der Waals surface area contributed by atoms with Gasteiger partial charge in [0.15, 0.2) is 5.82 Å². The van der Waals surface area contributed by atoms with E-state index in [2.05, 4.69) is 4.74 Å². The van der Waals surface area contributed by atoms with Crippen molar-refractivity contribution in [1.29, 1.82) is 0 Å². The van der Waals surface area contributed by atoms with Crippen molar-refractivity contribution in [2.45, 2.75) is 6.92 Å². The Kier molecular flexibility index (Phi) is 2.46. The molecule has 5 heteroatoms. The molecule has 0 spiro atoms. The molecule has 4 nitrogen and oxygen atoms in total. The fourth-order valence-corrected chi connectivity index (χ4v) is 1.03. The first-order chi connectivity index (χ1) is 6.06. The molecule has 0 radical (unpaired) electrons. The minimum Gasteiger partial charge on any atom is -0.461 e. The van der Waals surface area contributed by atoms with Gasteiger partial charge in [0.1, 0.15) is 0 Å². The Hall–Kier alpha value is -1.65. The summed E-state index contributed by atoms with van der Waals surface area (Å²) in [6, 6.07) is 1.14. The van der Waals surface area contributed by atoms with Crippen LogP contribution in [0.1, 0.15) is 16.1 Å². The summed E-state index contributed by atoms with van der Waals surface area (Å²) in [6.07, 6.45) is 0.791. The number of hydrogen-bond acceptors (Lipinski definition) is 3. The van der Waals surface area contributed by atoms with E-state index < -0.39 is 11.8 Å². The Morgan fingerprint density at radius 2 is 2.31 bits per heavy atom. The van der Waals surface area contributed by atoms with E-state index in [4.69, 9.17) is 5.21 Å². The zero-order valence-corrected chi connectivity index (χ0v) is 7.24. The maximum atomic E-state index is 12.6. The van der Waals surface area contributed by atoms with Crippen LogP contribution in [-0.2, 0) is 4.74 Å². The summed E-state index contributed by atoms with van der Waals surface area (Å²) in [7, 11) is 1.19. The van der Waals surface area contributed by atoms with Gasteiger partial charge in [-0.25, -0.2) is 9.18 Å². The lowest BCUT2D eigenvalue weighted by atomic mass is 10.2. The molecule has 0 bridgehead atoms. The summed E-state index contributed by atoms with van der Waals surface area (Å²) in [6.45, 7) is 1.50. The predicted molar refractivity (Wildman–Crippen MR) is 39.9 cm³/mol. The van der Waals surface area contributed by atoms with Gasteiger partial charge in [0.05, 0.1) is 7.11 Å². The van der Waals surface area contributed by atoms with E-state index in [1.807, 2.05) is 0 Å². The van der Waals surface area contributed by atoms with Crippen molar-refractivity contribution in [1.82, 2.24) is 0 Å². The van der Waals surface area contributed by atoms with Crippen LogP contribution in [0.4, 0.5) is 4.39 Å². The second-order valence-electron chi connectivity index (χ2n) is 2.53. The highest BCUT2D eigenvalue weighted by molar-refractivity contribution is 5.86. The number of rotatable bonds is 1. The van der Waals surface area contributed by atoms with Crippen LogP contribution in [0.3, 0.4) is 0 Å². The highest BCUT2D eigenvalue weighted by Crippen LogP contribution is 2.05. The van der Waals surface area contributed by atoms with E-state index in [0.717, 1.165) is 12.3 Å². The molecule has 0 aliphatic carbocycles. The van der Waals surface area contributed by atoms with Crippen molar-refractivity contribution < 1.29 is 23.9 Å². The third-order valence-corrected chi connectivity index (χ3v) is 1.58. The van der Waals surface area contributed by atoms with Crippen molar-refractivity contribution in [2.24, 2.45) is 0 Å². The third kappa shape index (κ3) is 1.74. The molecule has 1 aromatic rings. The number of nitrogens with zero attached hydrogens (tertiary/aromatic N) is 1. The van der Waals surface area contributed by atoms with Gasteiger partial charge in [0.2, 0.25) is 0 Å². The second-order valence-corrected chi connectivity index (χ2v) is 2.53. The van der Waals surface area contributed by atoms with E-state index in [1.54, 1.807) is 0 Å². The number of aromatic nitrogens is 1. The first-order valence-electron chi connectivity index (χ1n) is 3.55. The van der Waals surface area contributed by atoms with Gasteiger partial charge < -0.3 is 4.74 Å². The summed E-state index contributed by atoms with van der Waals surface area (Å²) in [5.74, 6) is -1.33. The van der Waals surface area contributed by atoms with Gasteiger partial charge in [-0.15, -0.1) is 0 Å². The van der Waals surface area contributed by atoms with Crippen LogP contribution in [0.15, 0.2) is 12.3 Å². The summed E-state index contributed by atoms with van der Waals surface area (Å²) >= 11 is 0. The lowest BCUT2D eigenvalue weighted by Gasteiger charge is -1.98. The number of pyridine rings is 1. The lowest BCUT2D eigenvalue weighted by Crippen LogP contribution is -2.39. The first kappa shape index (κ1) is 9.44. The molecule has 1 heterocycles. The summed E-state index contributed by atoms with van der Waals surface area (Å²) in [4.78, 5) is 11.0. The van der Waals surface area contributed by atoms with E-state index in [9.17, 15) is 9.18 Å². The average molecular weight is 186 g/mol. The normalized spacial score (nSPS) is 9.77. The molecule has 0 aliphatic rings. The molecule has 13 heavy (non-hydrogen) atoms. The van der Waals surface area contributed by atoms with E-state index in [0.29, 0.717) is 10.3 Å². The molecule has 0 aliphatic heterocycles. The molecular formula is C8H9FNO3+. The molecule has 0 unspecified atom stereocenters. The van der Waals surface area contributed by atoms with Crippen LogP contribution in [0, 0.1) is 12.7 Å². The first-order valence-corrected chi connectivity index (χ1v) is 3.55. The fraction of sp³-hybridized carbons (Fsp3) is 0.250. The summed E-state index contributed by atoms with van der Waals surface area (Å²) < 4.78 is 17.5. The maximum absolute atomic E-state index is 12.6. The van der Waals surface area contributed by atoms with Gasteiger partial charge in [0.25, 0.3) is 6.20 Å². The van der Waals surface area contributed by atoms with E-state index >= 15 is 0 Å². The van der Waals surface area contributed by atoms with Crippen LogP contribution < -0.4 is 4.73 Å². The monoisotopic (exact) mass is 186 g/mol. The Bertz CT molecular complexity index is 328. The Balaban J connectivity index is 3.28. The molecular weight excluding hydrogens is 177 g/mol.